The first-order valence-electron chi connectivity index (χ1n) is 7.05. The molecule has 2 saturated heterocycles. The summed E-state index contributed by atoms with van der Waals surface area (Å²) >= 11 is 0. The van der Waals surface area contributed by atoms with Crippen molar-refractivity contribution in [2.75, 3.05) is 26.2 Å². The van der Waals surface area contributed by atoms with Crippen LogP contribution in [0.1, 0.15) is 46.0 Å². The summed E-state index contributed by atoms with van der Waals surface area (Å²) in [5.41, 5.74) is 0.322. The summed E-state index contributed by atoms with van der Waals surface area (Å²) in [4.78, 5) is 14.2. The minimum absolute atomic E-state index is 0. The normalized spacial score (nSPS) is 26.8. The van der Waals surface area contributed by atoms with Crippen LogP contribution in [-0.4, -0.2) is 37.0 Å². The molecule has 1 N–H and O–H groups in total. The number of nitrogens with one attached hydrogen (secondary N) is 1. The Hall–Kier alpha value is -0.280. The van der Waals surface area contributed by atoms with Crippen molar-refractivity contribution in [3.05, 3.63) is 0 Å². The zero-order valence-electron chi connectivity index (χ0n) is 11.7. The second kappa shape index (κ2) is 6.76. The van der Waals surface area contributed by atoms with Gasteiger partial charge in [-0.05, 0) is 50.1 Å². The molecule has 3 nitrogen and oxygen atoms in total. The lowest BCUT2D eigenvalue weighted by Crippen LogP contribution is -2.43. The minimum Gasteiger partial charge on any atom is -0.342 e. The first kappa shape index (κ1) is 15.8. The maximum Gasteiger partial charge on any atom is 0.222 e. The van der Waals surface area contributed by atoms with Gasteiger partial charge in [-0.3, -0.25) is 4.79 Å². The molecule has 2 heterocycles. The highest BCUT2D eigenvalue weighted by atomic mass is 35.5. The Labute approximate surface area is 117 Å². The van der Waals surface area contributed by atoms with Gasteiger partial charge in [0.15, 0.2) is 0 Å². The predicted octanol–water partition coefficient (Wildman–Crippen LogP) is 2.45. The summed E-state index contributed by atoms with van der Waals surface area (Å²) in [5, 5.41) is 3.36. The van der Waals surface area contributed by atoms with Gasteiger partial charge in [0.25, 0.3) is 0 Å². The third kappa shape index (κ3) is 4.43. The van der Waals surface area contributed by atoms with E-state index >= 15 is 0 Å². The molecule has 2 aliphatic rings. The zero-order chi connectivity index (χ0) is 12.3. The molecule has 18 heavy (non-hydrogen) atoms. The molecule has 0 saturated carbocycles. The first-order chi connectivity index (χ1) is 8.07. The fourth-order valence-corrected chi connectivity index (χ4v) is 3.08. The van der Waals surface area contributed by atoms with Crippen molar-refractivity contribution in [3.8, 4) is 0 Å². The number of hydrogen-bond acceptors (Lipinski definition) is 2. The molecule has 1 amide bonds. The van der Waals surface area contributed by atoms with Crippen molar-refractivity contribution in [2.45, 2.75) is 46.0 Å². The highest BCUT2D eigenvalue weighted by Gasteiger charge is 2.29. The first-order valence-corrected chi connectivity index (χ1v) is 7.05. The molecule has 0 radical (unpaired) electrons. The van der Waals surface area contributed by atoms with Crippen LogP contribution >= 0.6 is 12.4 Å². The third-order valence-electron chi connectivity index (χ3n) is 4.18. The van der Waals surface area contributed by atoms with Gasteiger partial charge >= 0.3 is 0 Å². The summed E-state index contributed by atoms with van der Waals surface area (Å²) in [7, 11) is 0. The topological polar surface area (TPSA) is 32.3 Å². The Kier molecular flexibility index (Phi) is 5.93. The molecule has 0 bridgehead atoms. The van der Waals surface area contributed by atoms with E-state index in [0.29, 0.717) is 11.3 Å². The number of amides is 1. The zero-order valence-corrected chi connectivity index (χ0v) is 12.5. The number of halogens is 1. The van der Waals surface area contributed by atoms with Gasteiger partial charge in [-0.25, -0.2) is 0 Å². The van der Waals surface area contributed by atoms with Crippen LogP contribution < -0.4 is 5.32 Å². The lowest BCUT2D eigenvalue weighted by Gasteiger charge is -2.38. The molecular formula is C14H27ClN2O. The second-order valence-electron chi connectivity index (χ2n) is 6.48. The average Bonchev–Trinajstić information content (AvgIpc) is 2.77. The van der Waals surface area contributed by atoms with E-state index in [4.69, 9.17) is 0 Å². The Morgan fingerprint density at radius 2 is 2.22 bits per heavy atom. The Bertz CT molecular complexity index is 275. The predicted molar refractivity (Wildman–Crippen MR) is 77.1 cm³/mol. The fraction of sp³-hybridized carbons (Fsp3) is 0.929. The molecule has 0 aliphatic carbocycles. The second-order valence-corrected chi connectivity index (χ2v) is 6.48. The van der Waals surface area contributed by atoms with Crippen molar-refractivity contribution in [2.24, 2.45) is 11.3 Å². The Morgan fingerprint density at radius 1 is 1.44 bits per heavy atom. The van der Waals surface area contributed by atoms with E-state index in [0.717, 1.165) is 44.9 Å². The van der Waals surface area contributed by atoms with E-state index in [9.17, 15) is 4.79 Å². The standard InChI is InChI=1S/C14H26N2O.ClH/c1-14(2)7-3-9-16(11-14)13(17)5-4-12-6-8-15-10-12;/h12,15H,3-11H2,1-2H3;1H. The lowest BCUT2D eigenvalue weighted by atomic mass is 9.84. The molecule has 106 valence electrons. The molecule has 2 fully saturated rings. The molecule has 0 spiro atoms. The van der Waals surface area contributed by atoms with Gasteiger partial charge in [-0.15, -0.1) is 12.4 Å². The van der Waals surface area contributed by atoms with Gasteiger partial charge in [-0.1, -0.05) is 13.8 Å². The number of carbonyl (C=O) groups excluding carboxylic acids is 1. The number of carbonyl (C=O) groups is 1. The minimum atomic E-state index is 0. The van der Waals surface area contributed by atoms with E-state index in [2.05, 4.69) is 24.1 Å². The number of hydrogen-bond donors (Lipinski definition) is 1. The van der Waals surface area contributed by atoms with Gasteiger partial charge < -0.3 is 10.2 Å². The Balaban J connectivity index is 0.00000162. The average molecular weight is 275 g/mol. The van der Waals surface area contributed by atoms with Crippen LogP contribution in [-0.2, 0) is 4.79 Å². The van der Waals surface area contributed by atoms with Crippen LogP contribution in [0.15, 0.2) is 0 Å². The number of rotatable bonds is 3. The van der Waals surface area contributed by atoms with Crippen molar-refractivity contribution in [1.82, 2.24) is 10.2 Å². The SMILES string of the molecule is CC1(C)CCCN(C(=O)CCC2CCNC2)C1.Cl. The molecule has 2 aliphatic heterocycles. The van der Waals surface area contributed by atoms with Crippen LogP contribution in [0.4, 0.5) is 0 Å². The van der Waals surface area contributed by atoms with Gasteiger partial charge in [0.05, 0.1) is 0 Å². The van der Waals surface area contributed by atoms with E-state index in [1.54, 1.807) is 0 Å². The maximum absolute atomic E-state index is 12.1. The highest BCUT2D eigenvalue weighted by molar-refractivity contribution is 5.85. The molecule has 0 aromatic rings. The molecule has 0 aromatic heterocycles. The summed E-state index contributed by atoms with van der Waals surface area (Å²) in [5.74, 6) is 1.11. The van der Waals surface area contributed by atoms with E-state index in [-0.39, 0.29) is 12.4 Å². The number of nitrogens with zero attached hydrogens (tertiary/aromatic N) is 1. The Morgan fingerprint density at radius 3 is 2.83 bits per heavy atom. The largest absolute Gasteiger partial charge is 0.342 e. The molecule has 1 atom stereocenters. The fourth-order valence-electron chi connectivity index (χ4n) is 3.08. The van der Waals surface area contributed by atoms with Crippen molar-refractivity contribution in [1.29, 1.82) is 0 Å². The van der Waals surface area contributed by atoms with Gasteiger partial charge in [0, 0.05) is 19.5 Å². The lowest BCUT2D eigenvalue weighted by molar-refractivity contribution is -0.134. The highest BCUT2D eigenvalue weighted by Crippen LogP contribution is 2.29. The van der Waals surface area contributed by atoms with Gasteiger partial charge in [0.1, 0.15) is 0 Å². The van der Waals surface area contributed by atoms with Gasteiger partial charge in [-0.2, -0.15) is 0 Å². The summed E-state index contributed by atoms with van der Waals surface area (Å²) in [6, 6.07) is 0. The van der Waals surface area contributed by atoms with Crippen LogP contribution in [0.5, 0.6) is 0 Å². The van der Waals surface area contributed by atoms with E-state index < -0.39 is 0 Å². The van der Waals surface area contributed by atoms with E-state index in [1.165, 1.54) is 19.3 Å². The summed E-state index contributed by atoms with van der Waals surface area (Å²) in [6.07, 6.45) is 5.50. The molecule has 4 heteroatoms. The van der Waals surface area contributed by atoms with Crippen molar-refractivity contribution >= 4 is 18.3 Å². The van der Waals surface area contributed by atoms with Crippen molar-refractivity contribution < 1.29 is 4.79 Å². The van der Waals surface area contributed by atoms with Crippen LogP contribution in [0, 0.1) is 11.3 Å². The van der Waals surface area contributed by atoms with Crippen LogP contribution in [0.3, 0.4) is 0 Å². The monoisotopic (exact) mass is 274 g/mol. The maximum atomic E-state index is 12.1. The quantitative estimate of drug-likeness (QED) is 0.857. The summed E-state index contributed by atoms with van der Waals surface area (Å²) < 4.78 is 0. The van der Waals surface area contributed by atoms with Crippen LogP contribution in [0.25, 0.3) is 0 Å². The number of piperidine rings is 1. The third-order valence-corrected chi connectivity index (χ3v) is 4.18. The van der Waals surface area contributed by atoms with Crippen LogP contribution in [0.2, 0.25) is 0 Å². The van der Waals surface area contributed by atoms with E-state index in [1.807, 2.05) is 0 Å². The van der Waals surface area contributed by atoms with Gasteiger partial charge in [0.2, 0.25) is 5.91 Å². The van der Waals surface area contributed by atoms with Crippen molar-refractivity contribution in [3.63, 3.8) is 0 Å². The molecule has 0 aromatic carbocycles. The molecule has 1 unspecified atom stereocenters. The smallest absolute Gasteiger partial charge is 0.222 e. The molecule has 2 rings (SSSR count). The molecular weight excluding hydrogens is 248 g/mol. The summed E-state index contributed by atoms with van der Waals surface area (Å²) in [6.45, 7) is 8.72. The number of likely N-dealkylation sites (tertiary alicyclic amines) is 1.